The van der Waals surface area contributed by atoms with Gasteiger partial charge in [-0.25, -0.2) is 4.79 Å². The lowest BCUT2D eigenvalue weighted by molar-refractivity contribution is 0.0587. The summed E-state index contributed by atoms with van der Waals surface area (Å²) in [6, 6.07) is 3.27. The van der Waals surface area contributed by atoms with Gasteiger partial charge >= 0.3 is 5.97 Å². The molecule has 1 heterocycles. The molecule has 5 heteroatoms. The number of aromatic nitrogens is 2. The molecule has 0 spiro atoms. The summed E-state index contributed by atoms with van der Waals surface area (Å²) in [5.41, 5.74) is 0.531. The summed E-state index contributed by atoms with van der Waals surface area (Å²) in [7, 11) is 1.29. The van der Waals surface area contributed by atoms with E-state index in [0.717, 1.165) is 0 Å². The molecular formula is C8H9N3O2. The number of carbonyl (C=O) groups excluding carboxylic acids is 1. The fraction of sp³-hybridized carbons (Fsp3) is 0.375. The first kappa shape index (κ1) is 9.26. The number of nitrogens with zero attached hydrogens (tertiary/aromatic N) is 3. The quantitative estimate of drug-likeness (QED) is 0.622. The zero-order valence-corrected chi connectivity index (χ0v) is 7.44. The molecular weight excluding hydrogens is 170 g/mol. The molecule has 0 amide bonds. The van der Waals surface area contributed by atoms with Crippen molar-refractivity contribution >= 4 is 5.97 Å². The van der Waals surface area contributed by atoms with Crippen LogP contribution in [0.5, 0.6) is 0 Å². The third-order valence-corrected chi connectivity index (χ3v) is 1.59. The van der Waals surface area contributed by atoms with Crippen LogP contribution in [0.2, 0.25) is 0 Å². The zero-order valence-electron chi connectivity index (χ0n) is 7.44. The number of nitriles is 1. The number of methoxy groups -OCH3 is 1. The maximum Gasteiger partial charge on any atom is 0.356 e. The Morgan fingerprint density at radius 1 is 1.85 bits per heavy atom. The molecule has 0 saturated heterocycles. The highest BCUT2D eigenvalue weighted by atomic mass is 16.5. The largest absolute Gasteiger partial charge is 0.464 e. The first-order valence-corrected chi connectivity index (χ1v) is 3.79. The second kappa shape index (κ2) is 3.72. The number of esters is 1. The van der Waals surface area contributed by atoms with E-state index < -0.39 is 5.97 Å². The summed E-state index contributed by atoms with van der Waals surface area (Å²) < 4.78 is 5.96. The van der Waals surface area contributed by atoms with Crippen LogP contribution in [0.25, 0.3) is 0 Å². The second-order valence-corrected chi connectivity index (χ2v) is 2.33. The topological polar surface area (TPSA) is 67.9 Å². The van der Waals surface area contributed by atoms with Crippen LogP contribution in [-0.4, -0.2) is 22.9 Å². The van der Waals surface area contributed by atoms with E-state index in [2.05, 4.69) is 9.84 Å². The summed E-state index contributed by atoms with van der Waals surface area (Å²) in [5.74, 6) is -0.476. The van der Waals surface area contributed by atoms with Gasteiger partial charge in [0.1, 0.15) is 11.8 Å². The average molecular weight is 179 g/mol. The van der Waals surface area contributed by atoms with Gasteiger partial charge in [-0.15, -0.1) is 0 Å². The van der Waals surface area contributed by atoms with E-state index in [1.165, 1.54) is 17.9 Å². The molecule has 0 atom stereocenters. The highest BCUT2D eigenvalue weighted by Gasteiger charge is 2.13. The Kier molecular flexibility index (Phi) is 2.65. The molecule has 0 unspecified atom stereocenters. The molecule has 0 fully saturated rings. The fourth-order valence-electron chi connectivity index (χ4n) is 0.981. The minimum absolute atomic E-state index is 0.224. The van der Waals surface area contributed by atoms with E-state index in [0.29, 0.717) is 12.2 Å². The van der Waals surface area contributed by atoms with Crippen LogP contribution in [0.15, 0.2) is 6.07 Å². The van der Waals surface area contributed by atoms with Crippen molar-refractivity contribution < 1.29 is 9.53 Å². The molecule has 13 heavy (non-hydrogen) atoms. The van der Waals surface area contributed by atoms with Gasteiger partial charge in [-0.2, -0.15) is 10.4 Å². The van der Waals surface area contributed by atoms with Gasteiger partial charge in [-0.05, 0) is 6.92 Å². The van der Waals surface area contributed by atoms with Gasteiger partial charge in [0.25, 0.3) is 0 Å². The lowest BCUT2D eigenvalue weighted by Crippen LogP contribution is -2.10. The molecule has 0 aliphatic carbocycles. The second-order valence-electron chi connectivity index (χ2n) is 2.33. The van der Waals surface area contributed by atoms with Crippen molar-refractivity contribution in [3.63, 3.8) is 0 Å². The Balaban J connectivity index is 3.13. The molecule has 1 aromatic heterocycles. The van der Waals surface area contributed by atoms with E-state index in [9.17, 15) is 4.79 Å². The molecule has 5 nitrogen and oxygen atoms in total. The molecule has 1 aromatic rings. The Labute approximate surface area is 75.5 Å². The van der Waals surface area contributed by atoms with Crippen molar-refractivity contribution in [2.24, 2.45) is 0 Å². The number of hydrogen-bond acceptors (Lipinski definition) is 4. The molecule has 1 rings (SSSR count). The highest BCUT2D eigenvalue weighted by molar-refractivity contribution is 5.87. The number of hydrogen-bond donors (Lipinski definition) is 0. The standard InChI is InChI=1S/C8H9N3O2/c1-3-11-7(8(12)13-2)4-6(5-9)10-11/h4H,3H2,1-2H3. The Morgan fingerprint density at radius 3 is 3.00 bits per heavy atom. The van der Waals surface area contributed by atoms with Crippen molar-refractivity contribution in [3.05, 3.63) is 17.5 Å². The van der Waals surface area contributed by atoms with Gasteiger partial charge < -0.3 is 4.74 Å². The maximum absolute atomic E-state index is 11.1. The van der Waals surface area contributed by atoms with E-state index in [4.69, 9.17) is 5.26 Å². The summed E-state index contributed by atoms with van der Waals surface area (Å²) in [4.78, 5) is 11.1. The molecule has 0 radical (unpaired) electrons. The van der Waals surface area contributed by atoms with Crippen LogP contribution >= 0.6 is 0 Å². The molecule has 0 aliphatic rings. The Hall–Kier alpha value is -1.83. The van der Waals surface area contributed by atoms with Gasteiger partial charge in [-0.1, -0.05) is 0 Å². The molecule has 0 saturated carbocycles. The molecule has 0 aliphatic heterocycles. The van der Waals surface area contributed by atoms with E-state index in [1.54, 1.807) is 0 Å². The number of rotatable bonds is 2. The van der Waals surface area contributed by atoms with Gasteiger partial charge in [0.2, 0.25) is 0 Å². The van der Waals surface area contributed by atoms with Crippen molar-refractivity contribution in [2.75, 3.05) is 7.11 Å². The zero-order chi connectivity index (χ0) is 9.84. The molecule has 68 valence electrons. The van der Waals surface area contributed by atoms with Crippen molar-refractivity contribution in [1.29, 1.82) is 5.26 Å². The molecule has 0 bridgehead atoms. The summed E-state index contributed by atoms with van der Waals surface area (Å²) in [6.07, 6.45) is 0. The Bertz CT molecular complexity index is 362. The average Bonchev–Trinajstić information content (AvgIpc) is 2.59. The minimum atomic E-state index is -0.476. The summed E-state index contributed by atoms with van der Waals surface area (Å²) in [6.45, 7) is 2.37. The lowest BCUT2D eigenvalue weighted by Gasteiger charge is -2.00. The van der Waals surface area contributed by atoms with Crippen LogP contribution in [-0.2, 0) is 11.3 Å². The van der Waals surface area contributed by atoms with Crippen LogP contribution in [0, 0.1) is 11.3 Å². The van der Waals surface area contributed by atoms with Gasteiger partial charge in [0, 0.05) is 12.6 Å². The van der Waals surface area contributed by atoms with Crippen LogP contribution < -0.4 is 0 Å². The molecule has 0 aromatic carbocycles. The van der Waals surface area contributed by atoms with E-state index in [-0.39, 0.29) is 5.69 Å². The third kappa shape index (κ3) is 1.67. The predicted molar refractivity (Wildman–Crippen MR) is 44.0 cm³/mol. The van der Waals surface area contributed by atoms with E-state index in [1.807, 2.05) is 13.0 Å². The highest BCUT2D eigenvalue weighted by Crippen LogP contribution is 2.04. The predicted octanol–water partition coefficient (Wildman–Crippen LogP) is 0.561. The minimum Gasteiger partial charge on any atom is -0.464 e. The first-order chi connectivity index (χ1) is 6.22. The first-order valence-electron chi connectivity index (χ1n) is 3.79. The van der Waals surface area contributed by atoms with Crippen molar-refractivity contribution in [1.82, 2.24) is 9.78 Å². The third-order valence-electron chi connectivity index (χ3n) is 1.59. The number of carbonyl (C=O) groups is 1. The SMILES string of the molecule is CCn1nc(C#N)cc1C(=O)OC. The van der Waals surface area contributed by atoms with Gasteiger partial charge in [-0.3, -0.25) is 4.68 Å². The number of ether oxygens (including phenoxy) is 1. The van der Waals surface area contributed by atoms with Gasteiger partial charge in [0.05, 0.1) is 7.11 Å². The molecule has 0 N–H and O–H groups in total. The van der Waals surface area contributed by atoms with Crippen molar-refractivity contribution in [2.45, 2.75) is 13.5 Å². The van der Waals surface area contributed by atoms with Crippen LogP contribution in [0.4, 0.5) is 0 Å². The Morgan fingerprint density at radius 2 is 2.54 bits per heavy atom. The van der Waals surface area contributed by atoms with Crippen LogP contribution in [0.3, 0.4) is 0 Å². The van der Waals surface area contributed by atoms with Crippen molar-refractivity contribution in [3.8, 4) is 6.07 Å². The van der Waals surface area contributed by atoms with Crippen LogP contribution in [0.1, 0.15) is 23.1 Å². The maximum atomic E-state index is 11.1. The van der Waals surface area contributed by atoms with Gasteiger partial charge in [0.15, 0.2) is 5.69 Å². The lowest BCUT2D eigenvalue weighted by atomic mass is 10.3. The monoisotopic (exact) mass is 179 g/mol. The van der Waals surface area contributed by atoms with E-state index >= 15 is 0 Å². The number of aryl methyl sites for hydroxylation is 1. The summed E-state index contributed by atoms with van der Waals surface area (Å²) in [5, 5.41) is 12.4. The smallest absolute Gasteiger partial charge is 0.356 e. The fourth-order valence-corrected chi connectivity index (χ4v) is 0.981. The normalized spacial score (nSPS) is 9.31. The summed E-state index contributed by atoms with van der Waals surface area (Å²) >= 11 is 0.